The van der Waals surface area contributed by atoms with Crippen molar-refractivity contribution in [3.8, 4) is 0 Å². The number of urea groups is 1. The van der Waals surface area contributed by atoms with E-state index in [1.807, 2.05) is 13.8 Å². The number of hydrogen-bond acceptors (Lipinski definition) is 3. The van der Waals surface area contributed by atoms with Crippen molar-refractivity contribution >= 4 is 11.9 Å². The third-order valence-corrected chi connectivity index (χ3v) is 5.58. The summed E-state index contributed by atoms with van der Waals surface area (Å²) in [7, 11) is 0. The van der Waals surface area contributed by atoms with E-state index < -0.39 is 5.54 Å². The molecule has 1 aliphatic carbocycles. The molecular weight excluding hydrogens is 278 g/mol. The second-order valence-electron chi connectivity index (χ2n) is 6.94. The molecule has 5 nitrogen and oxygen atoms in total. The molecule has 3 aliphatic rings. The Labute approximate surface area is 132 Å². The molecule has 3 atom stereocenters. The molecule has 0 bridgehead atoms. The lowest BCUT2D eigenvalue weighted by Gasteiger charge is -2.42. The van der Waals surface area contributed by atoms with Gasteiger partial charge in [-0.25, -0.2) is 4.79 Å². The fourth-order valence-corrected chi connectivity index (χ4v) is 4.16. The van der Waals surface area contributed by atoms with Gasteiger partial charge in [0.25, 0.3) is 5.91 Å². The Morgan fingerprint density at radius 2 is 2.14 bits per heavy atom. The monoisotopic (exact) mass is 305 g/mol. The van der Waals surface area contributed by atoms with Gasteiger partial charge < -0.3 is 5.32 Å². The van der Waals surface area contributed by atoms with Gasteiger partial charge in [0.05, 0.1) is 0 Å². The highest BCUT2D eigenvalue weighted by atomic mass is 16.2. The number of carbonyl (C=O) groups is 2. The summed E-state index contributed by atoms with van der Waals surface area (Å²) in [5, 5.41) is 2.97. The first-order valence-electron chi connectivity index (χ1n) is 8.61. The fraction of sp³-hybridized carbons (Fsp3) is 0.765. The van der Waals surface area contributed by atoms with Crippen LogP contribution in [0.1, 0.15) is 46.0 Å². The van der Waals surface area contributed by atoms with E-state index >= 15 is 0 Å². The number of amides is 3. The zero-order valence-electron chi connectivity index (χ0n) is 13.7. The summed E-state index contributed by atoms with van der Waals surface area (Å²) in [4.78, 5) is 28.5. The van der Waals surface area contributed by atoms with Crippen molar-refractivity contribution in [2.24, 2.45) is 5.92 Å². The fourth-order valence-electron chi connectivity index (χ4n) is 4.16. The molecule has 0 aromatic carbocycles. The largest absolute Gasteiger partial charge is 0.325 e. The number of imide groups is 1. The van der Waals surface area contributed by atoms with Crippen molar-refractivity contribution < 1.29 is 9.59 Å². The lowest BCUT2D eigenvalue weighted by Crippen LogP contribution is -2.57. The van der Waals surface area contributed by atoms with Crippen LogP contribution < -0.4 is 5.32 Å². The summed E-state index contributed by atoms with van der Waals surface area (Å²) in [5.74, 6) is 0.149. The number of piperidine rings is 1. The van der Waals surface area contributed by atoms with E-state index in [2.05, 4.69) is 22.4 Å². The molecule has 0 aromatic heterocycles. The molecule has 0 radical (unpaired) electrons. The molecule has 2 aliphatic heterocycles. The molecule has 3 rings (SSSR count). The number of likely N-dealkylation sites (tertiary alicyclic amines) is 1. The van der Waals surface area contributed by atoms with Crippen LogP contribution in [-0.4, -0.2) is 53.0 Å². The average Bonchev–Trinajstić information content (AvgIpc) is 2.78. The Balaban J connectivity index is 1.74. The van der Waals surface area contributed by atoms with Crippen molar-refractivity contribution in [1.29, 1.82) is 0 Å². The van der Waals surface area contributed by atoms with Crippen molar-refractivity contribution in [1.82, 2.24) is 15.1 Å². The summed E-state index contributed by atoms with van der Waals surface area (Å²) in [6.45, 7) is 6.20. The minimum absolute atomic E-state index is 0.0500. The molecule has 3 amide bonds. The smallest absolute Gasteiger partial charge is 0.323 e. The minimum Gasteiger partial charge on any atom is -0.323 e. The Hall–Kier alpha value is -1.36. The zero-order chi connectivity index (χ0) is 15.7. The molecule has 2 fully saturated rings. The summed E-state index contributed by atoms with van der Waals surface area (Å²) in [6.07, 6.45) is 10.3. The predicted octanol–water partition coefficient (Wildman–Crippen LogP) is 2.14. The first-order valence-corrected chi connectivity index (χ1v) is 8.61. The van der Waals surface area contributed by atoms with E-state index in [1.54, 1.807) is 0 Å². The van der Waals surface area contributed by atoms with Crippen LogP contribution in [-0.2, 0) is 4.79 Å². The molecule has 1 N–H and O–H groups in total. The highest BCUT2D eigenvalue weighted by Gasteiger charge is 2.52. The summed E-state index contributed by atoms with van der Waals surface area (Å²) in [5.41, 5.74) is -0.732. The number of rotatable bonds is 3. The van der Waals surface area contributed by atoms with Crippen LogP contribution in [0, 0.1) is 5.92 Å². The van der Waals surface area contributed by atoms with E-state index in [9.17, 15) is 9.59 Å². The molecule has 0 unspecified atom stereocenters. The average molecular weight is 305 g/mol. The minimum atomic E-state index is -0.732. The Bertz CT molecular complexity index is 490. The van der Waals surface area contributed by atoms with Gasteiger partial charge in [0, 0.05) is 25.0 Å². The second-order valence-corrected chi connectivity index (χ2v) is 6.94. The maximum atomic E-state index is 12.7. The van der Waals surface area contributed by atoms with Crippen molar-refractivity contribution in [2.75, 3.05) is 19.6 Å². The van der Waals surface area contributed by atoms with Gasteiger partial charge in [0.2, 0.25) is 0 Å². The highest BCUT2D eigenvalue weighted by Crippen LogP contribution is 2.34. The third kappa shape index (κ3) is 2.56. The lowest BCUT2D eigenvalue weighted by molar-refractivity contribution is -0.133. The molecule has 122 valence electrons. The van der Waals surface area contributed by atoms with Gasteiger partial charge >= 0.3 is 6.03 Å². The number of nitrogens with zero attached hydrogens (tertiary/aromatic N) is 2. The van der Waals surface area contributed by atoms with Crippen molar-refractivity contribution in [3.05, 3.63) is 12.2 Å². The quantitative estimate of drug-likeness (QED) is 0.642. The summed E-state index contributed by atoms with van der Waals surface area (Å²) in [6, 6.07) is 0.277. The summed E-state index contributed by atoms with van der Waals surface area (Å²) >= 11 is 0. The van der Waals surface area contributed by atoms with E-state index in [-0.39, 0.29) is 17.9 Å². The van der Waals surface area contributed by atoms with Gasteiger partial charge in [-0.3, -0.25) is 14.6 Å². The molecule has 5 heteroatoms. The van der Waals surface area contributed by atoms with E-state index in [1.165, 1.54) is 24.2 Å². The van der Waals surface area contributed by atoms with Crippen LogP contribution >= 0.6 is 0 Å². The molecular formula is C17H27N3O2. The zero-order valence-corrected chi connectivity index (χ0v) is 13.7. The Morgan fingerprint density at radius 3 is 2.77 bits per heavy atom. The predicted molar refractivity (Wildman–Crippen MR) is 85.4 cm³/mol. The van der Waals surface area contributed by atoms with Gasteiger partial charge in [-0.1, -0.05) is 12.2 Å². The summed E-state index contributed by atoms with van der Waals surface area (Å²) < 4.78 is 0. The number of nitrogens with one attached hydrogen (secondary N) is 1. The maximum Gasteiger partial charge on any atom is 0.325 e. The number of carbonyl (C=O) groups excluding carboxylic acids is 2. The van der Waals surface area contributed by atoms with Crippen molar-refractivity contribution in [3.63, 3.8) is 0 Å². The molecule has 2 saturated heterocycles. The number of allylic oxidation sites excluding steroid dienone is 1. The van der Waals surface area contributed by atoms with Crippen LogP contribution in [0.3, 0.4) is 0 Å². The second kappa shape index (κ2) is 6.03. The molecule has 0 saturated carbocycles. The van der Waals surface area contributed by atoms with Gasteiger partial charge in [0.15, 0.2) is 0 Å². The van der Waals surface area contributed by atoms with Crippen LogP contribution in [0.25, 0.3) is 0 Å². The molecule has 0 aromatic rings. The van der Waals surface area contributed by atoms with Crippen LogP contribution in [0.15, 0.2) is 12.2 Å². The number of likely N-dealkylation sites (N-methyl/N-ethyl adjacent to an activating group) is 1. The SMILES string of the molecule is CCN1C(=O)N[C@](C)([C@H]2CCCN([C@H]3C=CCCC3)C2)C1=O. The Morgan fingerprint density at radius 1 is 1.32 bits per heavy atom. The van der Waals surface area contributed by atoms with Gasteiger partial charge in [-0.15, -0.1) is 0 Å². The molecule has 22 heavy (non-hydrogen) atoms. The first kappa shape index (κ1) is 15.5. The van der Waals surface area contributed by atoms with Gasteiger partial charge in [0.1, 0.15) is 5.54 Å². The lowest BCUT2D eigenvalue weighted by atomic mass is 9.79. The van der Waals surface area contributed by atoms with Crippen molar-refractivity contribution in [2.45, 2.75) is 57.5 Å². The standard InChI is InChI=1S/C17H27N3O2/c1-3-20-15(21)17(2,18-16(20)22)13-8-7-11-19(12-13)14-9-5-4-6-10-14/h5,9,13-14H,3-4,6-8,10-12H2,1-2H3,(H,18,22)/t13-,14-,17+/m0/s1. The maximum absolute atomic E-state index is 12.7. The normalized spacial score (nSPS) is 36.7. The van der Waals surface area contributed by atoms with E-state index in [0.29, 0.717) is 12.6 Å². The topological polar surface area (TPSA) is 52.7 Å². The Kier molecular flexibility index (Phi) is 4.26. The van der Waals surface area contributed by atoms with E-state index in [4.69, 9.17) is 0 Å². The van der Waals surface area contributed by atoms with Crippen LogP contribution in [0.4, 0.5) is 4.79 Å². The third-order valence-electron chi connectivity index (χ3n) is 5.58. The molecule has 0 spiro atoms. The van der Waals surface area contributed by atoms with Crippen LogP contribution in [0.5, 0.6) is 0 Å². The number of hydrogen-bond donors (Lipinski definition) is 1. The molecule has 2 heterocycles. The van der Waals surface area contributed by atoms with Crippen LogP contribution in [0.2, 0.25) is 0 Å². The van der Waals surface area contributed by atoms with Gasteiger partial charge in [-0.05, 0) is 52.5 Å². The first-order chi connectivity index (χ1) is 10.6. The highest BCUT2D eigenvalue weighted by molar-refractivity contribution is 6.07. The van der Waals surface area contributed by atoms with Gasteiger partial charge in [-0.2, -0.15) is 0 Å². The van der Waals surface area contributed by atoms with E-state index in [0.717, 1.165) is 25.9 Å².